The molecule has 3 aliphatic heterocycles. The Morgan fingerprint density at radius 1 is 1.26 bits per heavy atom. The average molecular weight is 547 g/mol. The first-order chi connectivity index (χ1) is 18.8. The first-order valence-electron chi connectivity index (χ1n) is 13.9. The van der Waals surface area contributed by atoms with Crippen molar-refractivity contribution in [2.24, 2.45) is 5.41 Å². The standard InChI is InChI=1S/C28H40F2N6O3/c1-19-25(32-21-7-10-38-14-21)33-26(20-5-3-6-23(11-20)39-15-22(37)12-31-2)34-27(19)36-9-4-8-28(18-36)16-35(17-28)13-24(29)30/h3,5-6,11,21-22,24,31,37H,4,7-10,12-18H2,1-2H3,(H,32,33,34). The number of nitrogens with zero attached hydrogens (tertiary/aromatic N) is 4. The van der Waals surface area contributed by atoms with E-state index in [-0.39, 0.29) is 24.6 Å². The van der Waals surface area contributed by atoms with Crippen molar-refractivity contribution in [3.05, 3.63) is 29.8 Å². The monoisotopic (exact) mass is 546 g/mol. The molecule has 3 fully saturated rings. The maximum atomic E-state index is 12.9. The zero-order valence-corrected chi connectivity index (χ0v) is 22.8. The summed E-state index contributed by atoms with van der Waals surface area (Å²) in [5.41, 5.74) is 1.83. The highest BCUT2D eigenvalue weighted by Crippen LogP contribution is 2.41. The molecular weight excluding hydrogens is 506 g/mol. The summed E-state index contributed by atoms with van der Waals surface area (Å²) in [6.07, 6.45) is 0.0506. The first-order valence-corrected chi connectivity index (χ1v) is 13.9. The number of hydrogen-bond acceptors (Lipinski definition) is 9. The third-order valence-electron chi connectivity index (χ3n) is 7.84. The van der Waals surface area contributed by atoms with Gasteiger partial charge >= 0.3 is 0 Å². The molecule has 0 radical (unpaired) electrons. The van der Waals surface area contributed by atoms with Crippen molar-refractivity contribution >= 4 is 11.6 Å². The normalized spacial score (nSPS) is 21.8. The molecule has 1 spiro atoms. The zero-order valence-electron chi connectivity index (χ0n) is 22.8. The Kier molecular flexibility index (Phi) is 8.80. The van der Waals surface area contributed by atoms with Gasteiger partial charge in [0.25, 0.3) is 6.43 Å². The van der Waals surface area contributed by atoms with Crippen molar-refractivity contribution in [1.82, 2.24) is 20.2 Å². The molecule has 5 rings (SSSR count). The van der Waals surface area contributed by atoms with Gasteiger partial charge in [-0.3, -0.25) is 4.90 Å². The van der Waals surface area contributed by atoms with Crippen molar-refractivity contribution in [1.29, 1.82) is 0 Å². The molecule has 4 heterocycles. The Hall–Kier alpha value is -2.60. The van der Waals surface area contributed by atoms with E-state index in [2.05, 4.69) is 15.5 Å². The van der Waals surface area contributed by atoms with Gasteiger partial charge in [0, 0.05) is 55.9 Å². The van der Waals surface area contributed by atoms with Gasteiger partial charge in [0.05, 0.1) is 19.2 Å². The Morgan fingerprint density at radius 3 is 2.85 bits per heavy atom. The lowest BCUT2D eigenvalue weighted by Crippen LogP contribution is -2.63. The van der Waals surface area contributed by atoms with Crippen molar-refractivity contribution in [2.45, 2.75) is 44.8 Å². The van der Waals surface area contributed by atoms with Crippen molar-refractivity contribution in [3.8, 4) is 17.1 Å². The van der Waals surface area contributed by atoms with Gasteiger partial charge in [0.15, 0.2) is 5.82 Å². The minimum absolute atomic E-state index is 0.0273. The lowest BCUT2D eigenvalue weighted by molar-refractivity contribution is -0.0426. The minimum Gasteiger partial charge on any atom is -0.491 e. The summed E-state index contributed by atoms with van der Waals surface area (Å²) in [6, 6.07) is 7.80. The molecule has 3 N–H and O–H groups in total. The Morgan fingerprint density at radius 2 is 2.10 bits per heavy atom. The molecule has 39 heavy (non-hydrogen) atoms. The van der Waals surface area contributed by atoms with Gasteiger partial charge < -0.3 is 30.1 Å². The number of anilines is 2. The van der Waals surface area contributed by atoms with Gasteiger partial charge in [-0.2, -0.15) is 0 Å². The minimum atomic E-state index is -2.30. The number of benzene rings is 1. The Labute approximate surface area is 228 Å². The number of nitrogens with one attached hydrogen (secondary N) is 2. The molecule has 3 saturated heterocycles. The number of aliphatic hydroxyl groups excluding tert-OH is 1. The van der Waals surface area contributed by atoms with Gasteiger partial charge in [0.2, 0.25) is 0 Å². The molecule has 3 aliphatic rings. The summed E-state index contributed by atoms with van der Waals surface area (Å²) in [4.78, 5) is 14.2. The van der Waals surface area contributed by atoms with E-state index in [1.807, 2.05) is 36.1 Å². The molecule has 1 aromatic heterocycles. The number of likely N-dealkylation sites (N-methyl/N-ethyl adjacent to an activating group) is 1. The van der Waals surface area contributed by atoms with Gasteiger partial charge in [-0.05, 0) is 45.4 Å². The van der Waals surface area contributed by atoms with Gasteiger partial charge in [-0.25, -0.2) is 18.7 Å². The van der Waals surface area contributed by atoms with Crippen molar-refractivity contribution in [2.75, 3.05) is 76.4 Å². The smallest absolute Gasteiger partial charge is 0.251 e. The van der Waals surface area contributed by atoms with E-state index in [1.165, 1.54) is 0 Å². The highest BCUT2D eigenvalue weighted by Gasteiger charge is 2.46. The van der Waals surface area contributed by atoms with Crippen LogP contribution in [0.5, 0.6) is 5.75 Å². The van der Waals surface area contributed by atoms with Crippen LogP contribution in [0.1, 0.15) is 24.8 Å². The summed E-state index contributed by atoms with van der Waals surface area (Å²) in [7, 11) is 1.79. The Bertz CT molecular complexity index is 1110. The topological polar surface area (TPSA) is 95.0 Å². The fourth-order valence-electron chi connectivity index (χ4n) is 6.01. The van der Waals surface area contributed by atoms with E-state index in [4.69, 9.17) is 19.4 Å². The van der Waals surface area contributed by atoms with Crippen LogP contribution in [0.4, 0.5) is 20.4 Å². The highest BCUT2D eigenvalue weighted by atomic mass is 19.3. The largest absolute Gasteiger partial charge is 0.491 e. The second-order valence-corrected chi connectivity index (χ2v) is 11.2. The molecule has 0 saturated carbocycles. The van der Waals surface area contributed by atoms with Crippen LogP contribution in [0.2, 0.25) is 0 Å². The number of halogens is 2. The molecule has 0 amide bonds. The van der Waals surface area contributed by atoms with E-state index in [1.54, 1.807) is 7.05 Å². The zero-order chi connectivity index (χ0) is 27.4. The lowest BCUT2D eigenvalue weighted by Gasteiger charge is -2.55. The molecule has 1 aromatic carbocycles. The summed E-state index contributed by atoms with van der Waals surface area (Å²) < 4.78 is 37.2. The van der Waals surface area contributed by atoms with E-state index >= 15 is 0 Å². The van der Waals surface area contributed by atoms with E-state index in [9.17, 15) is 13.9 Å². The van der Waals surface area contributed by atoms with Crippen LogP contribution in [0, 0.1) is 12.3 Å². The predicted molar refractivity (Wildman–Crippen MR) is 147 cm³/mol. The Balaban J connectivity index is 1.41. The number of piperidine rings is 1. The van der Waals surface area contributed by atoms with Gasteiger partial charge in [0.1, 0.15) is 30.1 Å². The van der Waals surface area contributed by atoms with E-state index in [0.717, 1.165) is 61.7 Å². The summed E-state index contributed by atoms with van der Waals surface area (Å²) >= 11 is 0. The fourth-order valence-corrected chi connectivity index (χ4v) is 6.01. The molecule has 0 bridgehead atoms. The van der Waals surface area contributed by atoms with E-state index < -0.39 is 12.5 Å². The van der Waals surface area contributed by atoms with Gasteiger partial charge in [-0.1, -0.05) is 12.1 Å². The van der Waals surface area contributed by atoms with Crippen LogP contribution in [0.25, 0.3) is 11.4 Å². The van der Waals surface area contributed by atoms with Crippen LogP contribution < -0.4 is 20.3 Å². The second-order valence-electron chi connectivity index (χ2n) is 11.2. The van der Waals surface area contributed by atoms with Crippen molar-refractivity contribution < 1.29 is 23.4 Å². The lowest BCUT2D eigenvalue weighted by atomic mass is 9.73. The van der Waals surface area contributed by atoms with Gasteiger partial charge in [-0.15, -0.1) is 0 Å². The summed E-state index contributed by atoms with van der Waals surface area (Å²) in [5, 5.41) is 16.5. The predicted octanol–water partition coefficient (Wildman–Crippen LogP) is 2.78. The van der Waals surface area contributed by atoms with Crippen LogP contribution in [-0.4, -0.2) is 105 Å². The average Bonchev–Trinajstić information content (AvgIpc) is 3.41. The molecule has 2 aromatic rings. The molecule has 214 valence electrons. The van der Waals surface area contributed by atoms with E-state index in [0.29, 0.717) is 37.8 Å². The number of aromatic nitrogens is 2. The number of rotatable bonds is 11. The first kappa shape index (κ1) is 27.9. The molecule has 2 unspecified atom stereocenters. The molecule has 9 nitrogen and oxygen atoms in total. The van der Waals surface area contributed by atoms with Crippen molar-refractivity contribution in [3.63, 3.8) is 0 Å². The van der Waals surface area contributed by atoms with Crippen LogP contribution >= 0.6 is 0 Å². The van der Waals surface area contributed by atoms with Crippen LogP contribution in [-0.2, 0) is 4.74 Å². The molecule has 2 atom stereocenters. The summed E-state index contributed by atoms with van der Waals surface area (Å²) in [6.45, 7) is 6.95. The molecular formula is C28H40F2N6O3. The molecule has 0 aliphatic carbocycles. The third kappa shape index (κ3) is 6.77. The fraction of sp³-hybridized carbons (Fsp3) is 0.643. The number of alkyl halides is 2. The number of aliphatic hydroxyl groups is 1. The maximum absolute atomic E-state index is 12.9. The van der Waals surface area contributed by atoms with Crippen LogP contribution in [0.15, 0.2) is 24.3 Å². The maximum Gasteiger partial charge on any atom is 0.251 e. The second kappa shape index (κ2) is 12.3. The third-order valence-corrected chi connectivity index (χ3v) is 7.84. The molecule has 11 heteroatoms. The number of hydrogen-bond donors (Lipinski definition) is 3. The SMILES string of the molecule is CNCC(O)COc1cccc(-c2nc(NC3CCOC3)c(C)c(N3CCCC4(CN(CC(F)F)C4)C3)n2)c1. The highest BCUT2D eigenvalue weighted by molar-refractivity contribution is 5.67. The quantitative estimate of drug-likeness (QED) is 0.393. The number of ether oxygens (including phenoxy) is 2. The number of likely N-dealkylation sites (tertiary alicyclic amines) is 1. The summed E-state index contributed by atoms with van der Waals surface area (Å²) in [5.74, 6) is 2.89. The van der Waals surface area contributed by atoms with Crippen LogP contribution in [0.3, 0.4) is 0 Å².